The van der Waals surface area contributed by atoms with Gasteiger partial charge in [0, 0.05) is 24.2 Å². The molecule has 0 bridgehead atoms. The summed E-state index contributed by atoms with van der Waals surface area (Å²) in [4.78, 5) is 18.3. The minimum absolute atomic E-state index is 0.102. The Morgan fingerprint density at radius 1 is 1.20 bits per heavy atom. The van der Waals surface area contributed by atoms with E-state index in [-0.39, 0.29) is 24.0 Å². The Balaban J connectivity index is 1.82. The highest BCUT2D eigenvalue weighted by atomic mass is 35.5. The topological polar surface area (TPSA) is 71.2 Å². The minimum atomic E-state index is -0.320. The van der Waals surface area contributed by atoms with Gasteiger partial charge in [-0.2, -0.15) is 0 Å². The quantitative estimate of drug-likeness (QED) is 0.779. The van der Waals surface area contributed by atoms with Crippen molar-refractivity contribution in [2.24, 2.45) is 0 Å². The summed E-state index contributed by atoms with van der Waals surface area (Å²) < 4.78 is 1.59. The molecule has 0 fully saturated rings. The molecule has 0 saturated heterocycles. The third-order valence-electron chi connectivity index (χ3n) is 3.78. The second-order valence-electron chi connectivity index (χ2n) is 5.66. The molecule has 0 aliphatic heterocycles. The second kappa shape index (κ2) is 6.94. The Morgan fingerprint density at radius 3 is 2.56 bits per heavy atom. The molecule has 2 aromatic carbocycles. The summed E-state index contributed by atoms with van der Waals surface area (Å²) in [6.07, 6.45) is 0. The third kappa shape index (κ3) is 3.64. The van der Waals surface area contributed by atoms with Crippen molar-refractivity contribution in [3.63, 3.8) is 0 Å². The normalized spacial score (nSPS) is 10.7. The first-order valence-corrected chi connectivity index (χ1v) is 8.05. The Kier molecular flexibility index (Phi) is 4.72. The van der Waals surface area contributed by atoms with E-state index in [1.54, 1.807) is 49.0 Å². The molecule has 0 aliphatic carbocycles. The molecule has 0 saturated carbocycles. The van der Waals surface area contributed by atoms with Gasteiger partial charge in [0.2, 0.25) is 5.82 Å². The fraction of sp³-hybridized carbons (Fsp3) is 0.167. The van der Waals surface area contributed by atoms with Crippen LogP contribution in [0.3, 0.4) is 0 Å². The van der Waals surface area contributed by atoms with E-state index in [2.05, 4.69) is 10.1 Å². The van der Waals surface area contributed by atoms with Crippen molar-refractivity contribution in [1.29, 1.82) is 0 Å². The summed E-state index contributed by atoms with van der Waals surface area (Å²) in [7, 11) is 1.65. The lowest BCUT2D eigenvalue weighted by atomic mass is 10.2. The Bertz CT molecular complexity index is 906. The zero-order valence-corrected chi connectivity index (χ0v) is 14.6. The highest BCUT2D eigenvalue weighted by molar-refractivity contribution is 6.30. The van der Waals surface area contributed by atoms with Gasteiger partial charge >= 0.3 is 0 Å². The predicted molar refractivity (Wildman–Crippen MR) is 95.0 cm³/mol. The number of hydrogen-bond donors (Lipinski definition) is 1. The van der Waals surface area contributed by atoms with Crippen molar-refractivity contribution >= 4 is 17.5 Å². The Labute approximate surface area is 150 Å². The lowest BCUT2D eigenvalue weighted by Crippen LogP contribution is -2.27. The summed E-state index contributed by atoms with van der Waals surface area (Å²) in [6.45, 7) is 2.04. The van der Waals surface area contributed by atoms with Gasteiger partial charge in [0.05, 0.1) is 5.69 Å². The number of benzene rings is 2. The van der Waals surface area contributed by atoms with Gasteiger partial charge in [-0.3, -0.25) is 4.79 Å². The maximum atomic E-state index is 12.6. The van der Waals surface area contributed by atoms with Crippen LogP contribution in [0.4, 0.5) is 0 Å². The summed E-state index contributed by atoms with van der Waals surface area (Å²) >= 11 is 5.90. The lowest BCUT2D eigenvalue weighted by molar-refractivity contribution is 0.0772. The SMILES string of the molecule is Cc1nc(C(=O)N(C)Cc2ccccc2O)nn1-c1ccc(Cl)cc1. The van der Waals surface area contributed by atoms with E-state index in [4.69, 9.17) is 11.6 Å². The molecule has 128 valence electrons. The minimum Gasteiger partial charge on any atom is -0.508 e. The number of aromatic hydroxyl groups is 1. The van der Waals surface area contributed by atoms with E-state index in [9.17, 15) is 9.90 Å². The number of nitrogens with zero attached hydrogens (tertiary/aromatic N) is 4. The molecule has 0 atom stereocenters. The molecule has 3 aromatic rings. The second-order valence-corrected chi connectivity index (χ2v) is 6.10. The number of aromatic nitrogens is 3. The molecule has 1 amide bonds. The van der Waals surface area contributed by atoms with Crippen LogP contribution in [0.1, 0.15) is 22.0 Å². The lowest BCUT2D eigenvalue weighted by Gasteiger charge is -2.16. The van der Waals surface area contributed by atoms with E-state index in [1.165, 1.54) is 4.90 Å². The molecule has 0 unspecified atom stereocenters. The largest absolute Gasteiger partial charge is 0.508 e. The smallest absolute Gasteiger partial charge is 0.293 e. The molecule has 1 N–H and O–H groups in total. The molecule has 6 nitrogen and oxygen atoms in total. The van der Waals surface area contributed by atoms with E-state index >= 15 is 0 Å². The average molecular weight is 357 g/mol. The number of para-hydroxylation sites is 1. The predicted octanol–water partition coefficient (Wildman–Crippen LogP) is 3.21. The van der Waals surface area contributed by atoms with Crippen LogP contribution < -0.4 is 0 Å². The maximum absolute atomic E-state index is 12.6. The van der Waals surface area contributed by atoms with Gasteiger partial charge in [-0.05, 0) is 37.3 Å². The molecule has 0 spiro atoms. The fourth-order valence-corrected chi connectivity index (χ4v) is 2.58. The van der Waals surface area contributed by atoms with Crippen molar-refractivity contribution in [1.82, 2.24) is 19.7 Å². The van der Waals surface area contributed by atoms with Gasteiger partial charge in [0.25, 0.3) is 5.91 Å². The van der Waals surface area contributed by atoms with Crippen LogP contribution in [0.5, 0.6) is 5.75 Å². The van der Waals surface area contributed by atoms with Gasteiger partial charge in [-0.15, -0.1) is 5.10 Å². The summed E-state index contributed by atoms with van der Waals surface area (Å²) in [6, 6.07) is 14.0. The first kappa shape index (κ1) is 17.0. The summed E-state index contributed by atoms with van der Waals surface area (Å²) in [5.41, 5.74) is 1.43. The summed E-state index contributed by atoms with van der Waals surface area (Å²) in [5, 5.41) is 14.8. The van der Waals surface area contributed by atoms with Crippen molar-refractivity contribution in [3.05, 3.63) is 70.8 Å². The number of carbonyl (C=O) groups is 1. The van der Waals surface area contributed by atoms with E-state index in [1.807, 2.05) is 18.2 Å². The molecule has 7 heteroatoms. The fourth-order valence-electron chi connectivity index (χ4n) is 2.45. The van der Waals surface area contributed by atoms with Crippen molar-refractivity contribution in [2.75, 3.05) is 7.05 Å². The van der Waals surface area contributed by atoms with E-state index < -0.39 is 0 Å². The van der Waals surface area contributed by atoms with Crippen LogP contribution in [-0.2, 0) is 6.54 Å². The molecule has 0 radical (unpaired) electrons. The zero-order chi connectivity index (χ0) is 18.0. The number of carbonyl (C=O) groups excluding carboxylic acids is 1. The van der Waals surface area contributed by atoms with Crippen molar-refractivity contribution in [2.45, 2.75) is 13.5 Å². The molecular weight excluding hydrogens is 340 g/mol. The Morgan fingerprint density at radius 2 is 1.88 bits per heavy atom. The van der Waals surface area contributed by atoms with Crippen LogP contribution in [0.15, 0.2) is 48.5 Å². The van der Waals surface area contributed by atoms with Gasteiger partial charge in [0.1, 0.15) is 11.6 Å². The molecule has 3 rings (SSSR count). The number of halogens is 1. The number of amides is 1. The number of aryl methyl sites for hydroxylation is 1. The van der Waals surface area contributed by atoms with Crippen LogP contribution in [0.2, 0.25) is 5.02 Å². The Hall–Kier alpha value is -2.86. The van der Waals surface area contributed by atoms with Crippen molar-refractivity contribution < 1.29 is 9.90 Å². The van der Waals surface area contributed by atoms with Crippen LogP contribution in [-0.4, -0.2) is 37.7 Å². The molecule has 1 heterocycles. The number of phenolic OH excluding ortho intramolecular Hbond substituents is 1. The van der Waals surface area contributed by atoms with Crippen LogP contribution in [0.25, 0.3) is 5.69 Å². The van der Waals surface area contributed by atoms with Gasteiger partial charge in [0.15, 0.2) is 0 Å². The standard InChI is InChI=1S/C18H17ClN4O2/c1-12-20-17(21-23(12)15-9-7-14(19)8-10-15)18(25)22(2)11-13-5-3-4-6-16(13)24/h3-10,24H,11H2,1-2H3. The number of phenols is 1. The first-order valence-electron chi connectivity index (χ1n) is 7.67. The molecule has 25 heavy (non-hydrogen) atoms. The molecule has 1 aromatic heterocycles. The van der Waals surface area contributed by atoms with Gasteiger partial charge in [-0.1, -0.05) is 29.8 Å². The van der Waals surface area contributed by atoms with E-state index in [0.717, 1.165) is 5.69 Å². The maximum Gasteiger partial charge on any atom is 0.293 e. The first-order chi connectivity index (χ1) is 12.0. The number of rotatable bonds is 4. The number of hydrogen-bond acceptors (Lipinski definition) is 4. The average Bonchev–Trinajstić information content (AvgIpc) is 2.98. The third-order valence-corrected chi connectivity index (χ3v) is 4.03. The van der Waals surface area contributed by atoms with Crippen LogP contribution in [0, 0.1) is 6.92 Å². The molecule has 0 aliphatic rings. The van der Waals surface area contributed by atoms with Gasteiger partial charge in [-0.25, -0.2) is 9.67 Å². The highest BCUT2D eigenvalue weighted by Gasteiger charge is 2.20. The monoisotopic (exact) mass is 356 g/mol. The molecular formula is C18H17ClN4O2. The van der Waals surface area contributed by atoms with E-state index in [0.29, 0.717) is 16.4 Å². The summed E-state index contributed by atoms with van der Waals surface area (Å²) in [5.74, 6) is 0.532. The zero-order valence-electron chi connectivity index (χ0n) is 13.8. The van der Waals surface area contributed by atoms with Gasteiger partial charge < -0.3 is 10.0 Å². The van der Waals surface area contributed by atoms with Crippen molar-refractivity contribution in [3.8, 4) is 11.4 Å². The highest BCUT2D eigenvalue weighted by Crippen LogP contribution is 2.18. The van der Waals surface area contributed by atoms with Crippen LogP contribution >= 0.6 is 11.6 Å².